The molecule has 0 aliphatic heterocycles. The summed E-state index contributed by atoms with van der Waals surface area (Å²) in [5, 5.41) is 7.61. The highest BCUT2D eigenvalue weighted by Crippen LogP contribution is 2.25. The number of rotatable bonds is 9. The second-order valence-corrected chi connectivity index (χ2v) is 9.38. The lowest BCUT2D eigenvalue weighted by atomic mass is 9.86. The number of benzene rings is 1. The van der Waals surface area contributed by atoms with Gasteiger partial charge in [-0.3, -0.25) is 4.99 Å². The molecule has 4 N–H and O–H groups in total. The van der Waals surface area contributed by atoms with E-state index in [2.05, 4.69) is 56.7 Å². The summed E-state index contributed by atoms with van der Waals surface area (Å²) in [5.41, 5.74) is 3.67. The van der Waals surface area contributed by atoms with Crippen molar-refractivity contribution in [2.45, 2.75) is 32.6 Å². The van der Waals surface area contributed by atoms with Crippen LogP contribution in [0.1, 0.15) is 30.4 Å². The number of guanidine groups is 1. The quantitative estimate of drug-likeness (QED) is 0.226. The standard InChI is InChI=1S/C20H31N5O2S.HI/c1-15-5-3-8-18-19(15)17(14-24-18)9-10-22-20(21-2)23-11-12-28(26,27)25-13-16-6-4-7-16;/h3,5,8,14,16,24-25H,4,6-7,9-13H2,1-2H3,(H2,21,22,23);1H. The highest BCUT2D eigenvalue weighted by atomic mass is 127. The molecule has 29 heavy (non-hydrogen) atoms. The molecule has 1 aliphatic carbocycles. The molecule has 0 amide bonds. The highest BCUT2D eigenvalue weighted by molar-refractivity contribution is 14.0. The molecule has 0 radical (unpaired) electrons. The SMILES string of the molecule is CN=C(NCCc1c[nH]c2cccc(C)c12)NCCS(=O)(=O)NCC1CCC1.I. The summed E-state index contributed by atoms with van der Waals surface area (Å²) in [5.74, 6) is 1.18. The Bertz CT molecular complexity index is 922. The van der Waals surface area contributed by atoms with Crippen LogP contribution < -0.4 is 15.4 Å². The second-order valence-electron chi connectivity index (χ2n) is 7.45. The van der Waals surface area contributed by atoms with Gasteiger partial charge < -0.3 is 15.6 Å². The Morgan fingerprint density at radius 3 is 2.69 bits per heavy atom. The second kappa shape index (κ2) is 11.2. The summed E-state index contributed by atoms with van der Waals surface area (Å²) >= 11 is 0. The molecule has 3 rings (SSSR count). The maximum atomic E-state index is 12.1. The van der Waals surface area contributed by atoms with Gasteiger partial charge in [-0.2, -0.15) is 0 Å². The van der Waals surface area contributed by atoms with Crippen LogP contribution in [0.15, 0.2) is 29.4 Å². The van der Waals surface area contributed by atoms with Gasteiger partial charge >= 0.3 is 0 Å². The third-order valence-corrected chi connectivity index (χ3v) is 6.73. The van der Waals surface area contributed by atoms with E-state index in [1.165, 1.54) is 22.9 Å². The van der Waals surface area contributed by atoms with Crippen LogP contribution in [-0.2, 0) is 16.4 Å². The van der Waals surface area contributed by atoms with E-state index in [9.17, 15) is 8.42 Å². The number of fused-ring (bicyclic) bond motifs is 1. The molecule has 2 aromatic rings. The van der Waals surface area contributed by atoms with Gasteiger partial charge in [0.1, 0.15) is 0 Å². The lowest BCUT2D eigenvalue weighted by molar-refractivity contribution is 0.316. The van der Waals surface area contributed by atoms with E-state index in [-0.39, 0.29) is 29.7 Å². The van der Waals surface area contributed by atoms with Crippen molar-refractivity contribution < 1.29 is 8.42 Å². The van der Waals surface area contributed by atoms with Crippen LogP contribution in [0.5, 0.6) is 0 Å². The van der Waals surface area contributed by atoms with Crippen molar-refractivity contribution in [3.63, 3.8) is 0 Å². The Morgan fingerprint density at radius 2 is 2.00 bits per heavy atom. The minimum atomic E-state index is -3.24. The van der Waals surface area contributed by atoms with Crippen LogP contribution in [0.2, 0.25) is 0 Å². The van der Waals surface area contributed by atoms with Gasteiger partial charge in [-0.1, -0.05) is 18.6 Å². The Kier molecular flexibility index (Phi) is 9.22. The zero-order valence-electron chi connectivity index (χ0n) is 17.1. The fraction of sp³-hybridized carbons (Fsp3) is 0.550. The zero-order chi connectivity index (χ0) is 20.0. The predicted octanol–water partition coefficient (Wildman–Crippen LogP) is 2.52. The van der Waals surface area contributed by atoms with Crippen LogP contribution in [0, 0.1) is 12.8 Å². The number of nitrogens with zero attached hydrogens (tertiary/aromatic N) is 1. The van der Waals surface area contributed by atoms with E-state index < -0.39 is 10.0 Å². The van der Waals surface area contributed by atoms with Gasteiger partial charge in [0.2, 0.25) is 10.0 Å². The molecular weight excluding hydrogens is 501 g/mol. The van der Waals surface area contributed by atoms with Gasteiger partial charge in [-0.25, -0.2) is 13.1 Å². The molecule has 7 nitrogen and oxygen atoms in total. The lowest BCUT2D eigenvalue weighted by Gasteiger charge is -2.25. The largest absolute Gasteiger partial charge is 0.361 e. The van der Waals surface area contributed by atoms with Crippen LogP contribution in [0.4, 0.5) is 0 Å². The summed E-state index contributed by atoms with van der Waals surface area (Å²) in [6.07, 6.45) is 6.39. The summed E-state index contributed by atoms with van der Waals surface area (Å²) in [7, 11) is -1.55. The molecular formula is C20H32IN5O2S. The number of aliphatic imine (C=N–C) groups is 1. The molecule has 0 spiro atoms. The fourth-order valence-corrected chi connectivity index (χ4v) is 4.51. The maximum Gasteiger partial charge on any atom is 0.213 e. The van der Waals surface area contributed by atoms with Crippen molar-refractivity contribution in [3.8, 4) is 0 Å². The van der Waals surface area contributed by atoms with Crippen LogP contribution in [0.3, 0.4) is 0 Å². The molecule has 162 valence electrons. The van der Waals surface area contributed by atoms with Gasteiger partial charge in [0.05, 0.1) is 5.75 Å². The Morgan fingerprint density at radius 1 is 1.24 bits per heavy atom. The van der Waals surface area contributed by atoms with Crippen molar-refractivity contribution in [2.75, 3.05) is 32.4 Å². The van der Waals surface area contributed by atoms with Crippen molar-refractivity contribution in [1.29, 1.82) is 0 Å². The molecule has 1 heterocycles. The molecule has 1 fully saturated rings. The highest BCUT2D eigenvalue weighted by Gasteiger charge is 2.20. The van der Waals surface area contributed by atoms with E-state index in [1.54, 1.807) is 7.05 Å². The monoisotopic (exact) mass is 533 g/mol. The Balaban J connectivity index is 0.00000300. The number of H-pyrrole nitrogens is 1. The summed E-state index contributed by atoms with van der Waals surface area (Å²) in [6.45, 7) is 3.73. The molecule has 9 heteroatoms. The summed E-state index contributed by atoms with van der Waals surface area (Å²) in [6, 6.07) is 6.25. The number of hydrogen-bond donors (Lipinski definition) is 4. The van der Waals surface area contributed by atoms with E-state index in [0.29, 0.717) is 31.5 Å². The third kappa shape index (κ3) is 6.85. The van der Waals surface area contributed by atoms with E-state index >= 15 is 0 Å². The topological polar surface area (TPSA) is 98.4 Å². The van der Waals surface area contributed by atoms with Crippen molar-refractivity contribution in [3.05, 3.63) is 35.5 Å². The molecule has 1 saturated carbocycles. The number of aromatic nitrogens is 1. The number of halogens is 1. The average molecular weight is 533 g/mol. The molecule has 0 bridgehead atoms. The van der Waals surface area contributed by atoms with Crippen LogP contribution >= 0.6 is 24.0 Å². The lowest BCUT2D eigenvalue weighted by Crippen LogP contribution is -2.42. The summed E-state index contributed by atoms with van der Waals surface area (Å²) in [4.78, 5) is 7.49. The zero-order valence-corrected chi connectivity index (χ0v) is 20.3. The normalized spacial score (nSPS) is 15.0. The van der Waals surface area contributed by atoms with Gasteiger partial charge in [-0.15, -0.1) is 24.0 Å². The molecule has 1 aromatic heterocycles. The van der Waals surface area contributed by atoms with Crippen LogP contribution in [-0.4, -0.2) is 51.8 Å². The van der Waals surface area contributed by atoms with Crippen molar-refractivity contribution >= 4 is 50.9 Å². The first kappa shape index (κ1) is 23.9. The predicted molar refractivity (Wildman–Crippen MR) is 131 cm³/mol. The van der Waals surface area contributed by atoms with Crippen molar-refractivity contribution in [1.82, 2.24) is 20.3 Å². The average Bonchev–Trinajstić information content (AvgIpc) is 3.03. The third-order valence-electron chi connectivity index (χ3n) is 5.39. The minimum absolute atomic E-state index is 0. The first-order valence-electron chi connectivity index (χ1n) is 9.96. The van der Waals surface area contributed by atoms with Crippen LogP contribution in [0.25, 0.3) is 10.9 Å². The number of aromatic amines is 1. The number of nitrogens with one attached hydrogen (secondary N) is 4. The molecule has 0 unspecified atom stereocenters. The maximum absolute atomic E-state index is 12.1. The first-order chi connectivity index (χ1) is 13.5. The number of hydrogen-bond acceptors (Lipinski definition) is 3. The molecule has 1 aliphatic rings. The van der Waals surface area contributed by atoms with E-state index in [1.807, 2.05) is 0 Å². The fourth-order valence-electron chi connectivity index (χ4n) is 3.50. The van der Waals surface area contributed by atoms with Gasteiger partial charge in [-0.05, 0) is 49.3 Å². The molecule has 0 atom stereocenters. The van der Waals surface area contributed by atoms with Gasteiger partial charge in [0.25, 0.3) is 0 Å². The molecule has 0 saturated heterocycles. The van der Waals surface area contributed by atoms with Crippen molar-refractivity contribution in [2.24, 2.45) is 10.9 Å². The summed E-state index contributed by atoms with van der Waals surface area (Å²) < 4.78 is 26.8. The van der Waals surface area contributed by atoms with E-state index in [4.69, 9.17) is 0 Å². The van der Waals surface area contributed by atoms with E-state index in [0.717, 1.165) is 24.8 Å². The molecule has 1 aromatic carbocycles. The number of aryl methyl sites for hydroxylation is 1. The Hall–Kier alpha value is -1.33. The Labute approximate surface area is 190 Å². The van der Waals surface area contributed by atoms with Gasteiger partial charge in [0.15, 0.2) is 5.96 Å². The first-order valence-corrected chi connectivity index (χ1v) is 11.6. The smallest absolute Gasteiger partial charge is 0.213 e. The number of sulfonamides is 1. The van der Waals surface area contributed by atoms with Gasteiger partial charge in [0, 0.05) is 43.8 Å². The minimum Gasteiger partial charge on any atom is -0.361 e.